The number of hydrogen-bond acceptors (Lipinski definition) is 1. The molecule has 1 heterocycles. The predicted molar refractivity (Wildman–Crippen MR) is 45.7 cm³/mol. The fraction of sp³-hybridized carbons (Fsp3) is 0.333. The number of fused-ring (bicyclic) bond motifs is 1. The maximum atomic E-state index is 3.38. The van der Waals surface area contributed by atoms with Gasteiger partial charge in [-0.2, -0.15) is 0 Å². The van der Waals surface area contributed by atoms with Gasteiger partial charge in [-0.15, -0.1) is 11.8 Å². The van der Waals surface area contributed by atoms with Crippen LogP contribution in [0.15, 0.2) is 28.2 Å². The highest BCUT2D eigenvalue weighted by Crippen LogP contribution is 2.37. The molecule has 1 aliphatic heterocycles. The van der Waals surface area contributed by atoms with Gasteiger partial charge in [0.05, 0.1) is 0 Å². The van der Waals surface area contributed by atoms with Gasteiger partial charge in [0.2, 0.25) is 0 Å². The highest BCUT2D eigenvalue weighted by atomic mass is 32.2. The van der Waals surface area contributed by atoms with Crippen molar-refractivity contribution >= 4 is 11.8 Å². The van der Waals surface area contributed by atoms with Gasteiger partial charge in [-0.1, -0.05) is 19.1 Å². The van der Waals surface area contributed by atoms with Crippen LogP contribution in [0, 0.1) is 6.08 Å². The Hall–Kier alpha value is -0.430. The molecule has 0 aromatic heterocycles. The van der Waals surface area contributed by atoms with Crippen LogP contribution in [0.4, 0.5) is 0 Å². The largest absolute Gasteiger partial charge is 0.121 e. The molecule has 51 valence electrons. The van der Waals surface area contributed by atoms with Crippen LogP contribution in [-0.2, 0) is 0 Å². The summed E-state index contributed by atoms with van der Waals surface area (Å²) in [4.78, 5) is 1.36. The molecule has 1 radical (unpaired) electrons. The van der Waals surface area contributed by atoms with E-state index < -0.39 is 0 Å². The van der Waals surface area contributed by atoms with Gasteiger partial charge in [0, 0.05) is 16.7 Å². The van der Waals surface area contributed by atoms with Crippen LogP contribution in [0.2, 0.25) is 0 Å². The van der Waals surface area contributed by atoms with Gasteiger partial charge in [-0.05, 0) is 17.6 Å². The second kappa shape index (κ2) is 2.31. The van der Waals surface area contributed by atoms with Crippen LogP contribution in [0.1, 0.15) is 13.3 Å². The van der Waals surface area contributed by atoms with E-state index in [0.29, 0.717) is 0 Å². The van der Waals surface area contributed by atoms with Crippen molar-refractivity contribution in [2.45, 2.75) is 13.3 Å². The van der Waals surface area contributed by atoms with Crippen molar-refractivity contribution in [3.05, 3.63) is 34.3 Å². The summed E-state index contributed by atoms with van der Waals surface area (Å²) in [6.45, 7) is 2.17. The molecule has 0 saturated carbocycles. The Bertz CT molecular complexity index is 243. The molecule has 10 heavy (non-hydrogen) atoms. The van der Waals surface area contributed by atoms with E-state index in [2.05, 4.69) is 25.2 Å². The number of rotatable bonds is 1. The van der Waals surface area contributed by atoms with E-state index in [-0.39, 0.29) is 0 Å². The second-order valence-corrected chi connectivity index (χ2v) is 3.48. The van der Waals surface area contributed by atoms with Gasteiger partial charge in [0.1, 0.15) is 0 Å². The predicted octanol–water partition coefficient (Wildman–Crippen LogP) is 2.70. The van der Waals surface area contributed by atoms with E-state index in [9.17, 15) is 0 Å². The molecule has 0 atom stereocenters. The molecule has 0 aromatic carbocycles. The number of thioether (sulfide) groups is 1. The average Bonchev–Trinajstić information content (AvgIpc) is 2.42. The lowest BCUT2D eigenvalue weighted by Crippen LogP contribution is -1.68. The van der Waals surface area contributed by atoms with Crippen molar-refractivity contribution in [1.82, 2.24) is 0 Å². The van der Waals surface area contributed by atoms with Gasteiger partial charge in [-0.25, -0.2) is 0 Å². The molecule has 0 bridgehead atoms. The normalized spacial score (nSPS) is 21.9. The SMILES string of the molecule is CCC1=CC2=CCSC2=[C]1. The maximum Gasteiger partial charge on any atom is 0.0227 e. The zero-order chi connectivity index (χ0) is 6.97. The highest BCUT2D eigenvalue weighted by molar-refractivity contribution is 8.03. The Kier molecular flexibility index (Phi) is 1.46. The van der Waals surface area contributed by atoms with Gasteiger partial charge in [0.15, 0.2) is 0 Å². The van der Waals surface area contributed by atoms with Gasteiger partial charge in [0.25, 0.3) is 0 Å². The first-order valence-electron chi connectivity index (χ1n) is 3.58. The zero-order valence-electron chi connectivity index (χ0n) is 5.98. The summed E-state index contributed by atoms with van der Waals surface area (Å²) < 4.78 is 0. The molecule has 0 nitrogen and oxygen atoms in total. The lowest BCUT2D eigenvalue weighted by molar-refractivity contribution is 1.15. The second-order valence-electron chi connectivity index (χ2n) is 2.45. The molecule has 1 heteroatoms. The van der Waals surface area contributed by atoms with E-state index >= 15 is 0 Å². The minimum atomic E-state index is 1.11. The molecule has 0 spiro atoms. The molecule has 0 unspecified atom stereocenters. The Morgan fingerprint density at radius 1 is 1.70 bits per heavy atom. The lowest BCUT2D eigenvalue weighted by atomic mass is 10.2. The quantitative estimate of drug-likeness (QED) is 0.552. The van der Waals surface area contributed by atoms with Crippen molar-refractivity contribution in [3.8, 4) is 0 Å². The maximum absolute atomic E-state index is 3.38. The fourth-order valence-corrected chi connectivity index (χ4v) is 2.13. The van der Waals surface area contributed by atoms with Crippen LogP contribution in [0.5, 0.6) is 0 Å². The lowest BCUT2D eigenvalue weighted by Gasteiger charge is -1.87. The minimum absolute atomic E-state index is 1.11. The molecule has 0 N–H and O–H groups in total. The van der Waals surface area contributed by atoms with E-state index in [4.69, 9.17) is 0 Å². The Morgan fingerprint density at radius 2 is 2.60 bits per heavy atom. The molecule has 0 aromatic rings. The van der Waals surface area contributed by atoms with Crippen molar-refractivity contribution < 1.29 is 0 Å². The van der Waals surface area contributed by atoms with E-state index in [1.807, 2.05) is 11.8 Å². The monoisotopic (exact) mass is 149 g/mol. The Morgan fingerprint density at radius 3 is 3.30 bits per heavy atom. The average molecular weight is 149 g/mol. The van der Waals surface area contributed by atoms with Crippen LogP contribution < -0.4 is 0 Å². The molecule has 2 rings (SSSR count). The van der Waals surface area contributed by atoms with Gasteiger partial charge >= 0.3 is 0 Å². The van der Waals surface area contributed by atoms with Crippen LogP contribution in [-0.4, -0.2) is 5.75 Å². The van der Waals surface area contributed by atoms with Crippen molar-refractivity contribution in [2.75, 3.05) is 5.75 Å². The molecule has 0 amide bonds. The molecular weight excluding hydrogens is 140 g/mol. The first-order chi connectivity index (χ1) is 4.90. The smallest absolute Gasteiger partial charge is 0.0227 e. The highest BCUT2D eigenvalue weighted by Gasteiger charge is 2.15. The molecular formula is C9H9S. The number of hydrogen-bond donors (Lipinski definition) is 0. The third-order valence-electron chi connectivity index (χ3n) is 1.78. The third-order valence-corrected chi connectivity index (χ3v) is 2.74. The summed E-state index contributed by atoms with van der Waals surface area (Å²) >= 11 is 1.89. The summed E-state index contributed by atoms with van der Waals surface area (Å²) in [6.07, 6.45) is 9.01. The van der Waals surface area contributed by atoms with E-state index in [1.54, 1.807) is 0 Å². The molecule has 0 fully saturated rings. The number of allylic oxidation sites excluding steroid dienone is 4. The fourth-order valence-electron chi connectivity index (χ4n) is 1.18. The van der Waals surface area contributed by atoms with Gasteiger partial charge in [-0.3, -0.25) is 0 Å². The molecule has 2 aliphatic rings. The first kappa shape index (κ1) is 6.29. The first-order valence-corrected chi connectivity index (χ1v) is 4.56. The van der Waals surface area contributed by atoms with Crippen molar-refractivity contribution in [2.24, 2.45) is 0 Å². The van der Waals surface area contributed by atoms with Crippen molar-refractivity contribution in [1.29, 1.82) is 0 Å². The van der Waals surface area contributed by atoms with E-state index in [0.717, 1.165) is 12.2 Å². The third kappa shape index (κ3) is 0.853. The Labute approximate surface area is 65.7 Å². The van der Waals surface area contributed by atoms with Gasteiger partial charge < -0.3 is 0 Å². The topological polar surface area (TPSA) is 0 Å². The summed E-state index contributed by atoms with van der Waals surface area (Å²) in [5.41, 5.74) is 2.76. The standard InChI is InChI=1S/C9H9S/c1-2-7-5-8-3-4-10-9(8)6-7/h3,5H,2,4H2,1H3. The van der Waals surface area contributed by atoms with Crippen LogP contribution in [0.25, 0.3) is 0 Å². The van der Waals surface area contributed by atoms with E-state index in [1.165, 1.54) is 16.1 Å². The summed E-state index contributed by atoms with van der Waals surface area (Å²) in [5.74, 6) is 1.14. The summed E-state index contributed by atoms with van der Waals surface area (Å²) in [7, 11) is 0. The molecule has 1 aliphatic carbocycles. The van der Waals surface area contributed by atoms with Crippen LogP contribution in [0.3, 0.4) is 0 Å². The summed E-state index contributed by atoms with van der Waals surface area (Å²) in [6, 6.07) is 0. The zero-order valence-corrected chi connectivity index (χ0v) is 6.79. The Balaban J connectivity index is 2.33. The van der Waals surface area contributed by atoms with Crippen LogP contribution >= 0.6 is 11.8 Å². The minimum Gasteiger partial charge on any atom is -0.121 e. The molecule has 0 saturated heterocycles. The van der Waals surface area contributed by atoms with Crippen molar-refractivity contribution in [3.63, 3.8) is 0 Å². The summed E-state index contributed by atoms with van der Waals surface area (Å²) in [5, 5.41) is 0.